The molecule has 0 aliphatic heterocycles. The van der Waals surface area contributed by atoms with Crippen LogP contribution < -0.4 is 5.32 Å². The molecule has 1 amide bonds. The number of aromatic amines is 1. The molecule has 0 saturated carbocycles. The van der Waals surface area contributed by atoms with Crippen LogP contribution >= 0.6 is 23.2 Å². The second-order valence-electron chi connectivity index (χ2n) is 6.11. The average molecular weight is 426 g/mol. The Morgan fingerprint density at radius 3 is 2.64 bits per heavy atom. The number of benzene rings is 1. The summed E-state index contributed by atoms with van der Waals surface area (Å²) in [7, 11) is 0. The smallest absolute Gasteiger partial charge is 0.328 e. The zero-order chi connectivity index (χ0) is 20.4. The van der Waals surface area contributed by atoms with Crippen LogP contribution in [0, 0.1) is 0 Å². The molecule has 0 unspecified atom stereocenters. The van der Waals surface area contributed by atoms with Crippen molar-refractivity contribution in [2.24, 2.45) is 0 Å². The van der Waals surface area contributed by atoms with E-state index in [1.807, 2.05) is 35.4 Å². The highest BCUT2D eigenvalue weighted by atomic mass is 35.5. The molecule has 1 aromatic carbocycles. The Morgan fingerprint density at radius 1 is 1.25 bits per heavy atom. The highest BCUT2D eigenvalue weighted by Gasteiger charge is 2.23. The minimum Gasteiger partial charge on any atom is -0.464 e. The van der Waals surface area contributed by atoms with Gasteiger partial charge in [-0.3, -0.25) is 4.79 Å². The zero-order valence-electron chi connectivity index (χ0n) is 15.8. The summed E-state index contributed by atoms with van der Waals surface area (Å²) in [5.41, 5.74) is 1.91. The molecule has 152 valence electrons. The summed E-state index contributed by atoms with van der Waals surface area (Å²) >= 11 is 11.5. The first-order valence-corrected chi connectivity index (χ1v) is 10.2. The van der Waals surface area contributed by atoms with E-state index in [4.69, 9.17) is 27.9 Å². The summed E-state index contributed by atoms with van der Waals surface area (Å²) in [5, 5.41) is 3.75. The Morgan fingerprint density at radius 2 is 1.96 bits per heavy atom. The van der Waals surface area contributed by atoms with Gasteiger partial charge in [0.05, 0.1) is 6.61 Å². The molecule has 2 rings (SSSR count). The maximum atomic E-state index is 12.4. The first-order valence-electron chi connectivity index (χ1n) is 9.15. The highest BCUT2D eigenvalue weighted by Crippen LogP contribution is 2.19. The van der Waals surface area contributed by atoms with Gasteiger partial charge in [-0.15, -0.1) is 23.2 Å². The molecule has 1 heterocycles. The standard InChI is InChI=1S/C20H25Cl2N3O3/c1-2-28-20(27)18(13-15-14-23-17-6-4-3-5-16(15)17)24-19(26)7-10-25(11-8-21)12-9-22/h3-7,10,14,18,23H,2,8-9,11-13H2,1H3,(H,24,26)/t18-/m0/s1. The van der Waals surface area contributed by atoms with Gasteiger partial charge >= 0.3 is 5.97 Å². The van der Waals surface area contributed by atoms with Crippen LogP contribution in [0.3, 0.4) is 0 Å². The van der Waals surface area contributed by atoms with Gasteiger partial charge in [-0.2, -0.15) is 0 Å². The third-order valence-electron chi connectivity index (χ3n) is 4.17. The van der Waals surface area contributed by atoms with Gasteiger partial charge in [-0.1, -0.05) is 18.2 Å². The number of hydrogen-bond acceptors (Lipinski definition) is 4. The van der Waals surface area contributed by atoms with Gasteiger partial charge in [0, 0.05) is 60.6 Å². The molecule has 0 spiro atoms. The number of ether oxygens (including phenoxy) is 1. The van der Waals surface area contributed by atoms with E-state index in [1.165, 1.54) is 6.08 Å². The van der Waals surface area contributed by atoms with Crippen molar-refractivity contribution in [1.29, 1.82) is 0 Å². The van der Waals surface area contributed by atoms with E-state index in [2.05, 4.69) is 10.3 Å². The van der Waals surface area contributed by atoms with Crippen molar-refractivity contribution in [1.82, 2.24) is 15.2 Å². The van der Waals surface area contributed by atoms with Crippen molar-refractivity contribution in [2.75, 3.05) is 31.5 Å². The van der Waals surface area contributed by atoms with Crippen LogP contribution in [0.25, 0.3) is 10.9 Å². The van der Waals surface area contributed by atoms with Crippen LogP contribution in [0.5, 0.6) is 0 Å². The van der Waals surface area contributed by atoms with Crippen molar-refractivity contribution in [3.8, 4) is 0 Å². The molecule has 0 bridgehead atoms. The third kappa shape index (κ3) is 6.46. The third-order valence-corrected chi connectivity index (χ3v) is 4.50. The number of nitrogens with one attached hydrogen (secondary N) is 2. The molecule has 1 aromatic heterocycles. The number of nitrogens with zero attached hydrogens (tertiary/aromatic N) is 1. The molecule has 2 N–H and O–H groups in total. The molecule has 1 atom stereocenters. The van der Waals surface area contributed by atoms with Crippen LogP contribution in [0.1, 0.15) is 12.5 Å². The monoisotopic (exact) mass is 425 g/mol. The predicted octanol–water partition coefficient (Wildman–Crippen LogP) is 3.05. The molecule has 0 aliphatic rings. The number of fused-ring (bicyclic) bond motifs is 1. The minimum absolute atomic E-state index is 0.244. The molecule has 2 aromatic rings. The number of carbonyl (C=O) groups is 2. The lowest BCUT2D eigenvalue weighted by Crippen LogP contribution is -2.42. The summed E-state index contributed by atoms with van der Waals surface area (Å²) in [6.45, 7) is 3.14. The van der Waals surface area contributed by atoms with Crippen molar-refractivity contribution < 1.29 is 14.3 Å². The largest absolute Gasteiger partial charge is 0.464 e. The van der Waals surface area contributed by atoms with E-state index in [0.717, 1.165) is 16.5 Å². The van der Waals surface area contributed by atoms with E-state index >= 15 is 0 Å². The van der Waals surface area contributed by atoms with Gasteiger partial charge in [-0.25, -0.2) is 4.79 Å². The van der Waals surface area contributed by atoms with Gasteiger partial charge in [0.2, 0.25) is 5.91 Å². The minimum atomic E-state index is -0.786. The predicted molar refractivity (Wildman–Crippen MR) is 113 cm³/mol. The molecule has 6 nitrogen and oxygen atoms in total. The van der Waals surface area contributed by atoms with Crippen LogP contribution in [0.2, 0.25) is 0 Å². The molecular formula is C20H25Cl2N3O3. The number of carbonyl (C=O) groups excluding carboxylic acids is 2. The number of H-pyrrole nitrogens is 1. The maximum absolute atomic E-state index is 12.4. The molecule has 8 heteroatoms. The van der Waals surface area contributed by atoms with Crippen molar-refractivity contribution in [3.05, 3.63) is 48.3 Å². The Labute approximate surface area is 174 Å². The molecule has 0 fully saturated rings. The lowest BCUT2D eigenvalue weighted by atomic mass is 10.0. The molecule has 0 saturated heterocycles. The number of halogens is 2. The fraction of sp³-hybridized carbons (Fsp3) is 0.400. The Bertz CT molecular complexity index is 801. The lowest BCUT2D eigenvalue weighted by Gasteiger charge is -2.18. The zero-order valence-corrected chi connectivity index (χ0v) is 17.3. The summed E-state index contributed by atoms with van der Waals surface area (Å²) in [6, 6.07) is 7.02. The maximum Gasteiger partial charge on any atom is 0.328 e. The quantitative estimate of drug-likeness (QED) is 0.329. The first-order chi connectivity index (χ1) is 13.6. The normalized spacial score (nSPS) is 12.2. The topological polar surface area (TPSA) is 74.4 Å². The van der Waals surface area contributed by atoms with Crippen molar-refractivity contribution in [3.63, 3.8) is 0 Å². The van der Waals surface area contributed by atoms with Crippen LogP contribution in [-0.2, 0) is 20.7 Å². The molecule has 0 aliphatic carbocycles. The van der Waals surface area contributed by atoms with E-state index in [0.29, 0.717) is 31.3 Å². The van der Waals surface area contributed by atoms with Gasteiger partial charge in [-0.05, 0) is 18.6 Å². The molecular weight excluding hydrogens is 401 g/mol. The lowest BCUT2D eigenvalue weighted by molar-refractivity contribution is -0.146. The fourth-order valence-corrected chi connectivity index (χ4v) is 3.26. The summed E-state index contributed by atoms with van der Waals surface area (Å²) < 4.78 is 5.14. The summed E-state index contributed by atoms with van der Waals surface area (Å²) in [5.74, 6) is 0.00364. The van der Waals surface area contributed by atoms with Crippen LogP contribution in [0.4, 0.5) is 0 Å². The molecule has 0 radical (unpaired) electrons. The van der Waals surface area contributed by atoms with Gasteiger partial charge < -0.3 is 19.9 Å². The average Bonchev–Trinajstić information content (AvgIpc) is 3.09. The summed E-state index contributed by atoms with van der Waals surface area (Å²) in [6.07, 6.45) is 5.19. The number of rotatable bonds is 11. The van der Waals surface area contributed by atoms with Crippen molar-refractivity contribution in [2.45, 2.75) is 19.4 Å². The number of esters is 1. The van der Waals surface area contributed by atoms with Gasteiger partial charge in [0.1, 0.15) is 6.04 Å². The molecule has 28 heavy (non-hydrogen) atoms. The number of alkyl halides is 2. The van der Waals surface area contributed by atoms with E-state index in [1.54, 1.807) is 13.1 Å². The van der Waals surface area contributed by atoms with Gasteiger partial charge in [0.25, 0.3) is 0 Å². The second-order valence-corrected chi connectivity index (χ2v) is 6.86. The number of amides is 1. The van der Waals surface area contributed by atoms with E-state index < -0.39 is 12.0 Å². The van der Waals surface area contributed by atoms with E-state index in [9.17, 15) is 9.59 Å². The van der Waals surface area contributed by atoms with E-state index in [-0.39, 0.29) is 12.5 Å². The van der Waals surface area contributed by atoms with Gasteiger partial charge in [0.15, 0.2) is 0 Å². The van der Waals surface area contributed by atoms with Crippen LogP contribution in [0.15, 0.2) is 42.7 Å². The number of aromatic nitrogens is 1. The highest BCUT2D eigenvalue weighted by molar-refractivity contribution is 6.18. The van der Waals surface area contributed by atoms with Crippen LogP contribution in [-0.4, -0.2) is 59.3 Å². The number of para-hydroxylation sites is 1. The SMILES string of the molecule is CCOC(=O)[C@H](Cc1c[nH]c2ccccc12)NC(=O)C=CN(CCCl)CCCl. The Hall–Kier alpha value is -2.18. The first kappa shape index (κ1) is 22.1. The Kier molecular flexibility index (Phi) is 9.17. The summed E-state index contributed by atoms with van der Waals surface area (Å²) in [4.78, 5) is 29.7. The number of hydrogen-bond donors (Lipinski definition) is 2. The van der Waals surface area contributed by atoms with Crippen molar-refractivity contribution >= 4 is 46.0 Å². The second kappa shape index (κ2) is 11.6. The fourth-order valence-electron chi connectivity index (χ4n) is 2.83. The Balaban J connectivity index is 2.10.